The summed E-state index contributed by atoms with van der Waals surface area (Å²) < 4.78 is 6.01. The molecule has 4 unspecified atom stereocenters. The molecule has 3 saturated heterocycles. The Balaban J connectivity index is 0.00000120. The summed E-state index contributed by atoms with van der Waals surface area (Å²) in [5.74, 6) is 2.67. The fourth-order valence-electron chi connectivity index (χ4n) is 3.79. The van der Waals surface area contributed by atoms with Crippen LogP contribution in [0.25, 0.3) is 0 Å². The van der Waals surface area contributed by atoms with Crippen LogP contribution in [0.4, 0.5) is 0 Å². The third-order valence-electron chi connectivity index (χ3n) is 4.44. The number of guanidine groups is 1. The van der Waals surface area contributed by atoms with Gasteiger partial charge in [-0.25, -0.2) is 0 Å². The number of hydrogen-bond donors (Lipinski definition) is 0. The Kier molecular flexibility index (Phi) is 4.41. The number of rotatable bonds is 1. The second-order valence-corrected chi connectivity index (χ2v) is 5.69. The first-order valence-corrected chi connectivity index (χ1v) is 6.83. The van der Waals surface area contributed by atoms with Crippen molar-refractivity contribution in [3.63, 3.8) is 0 Å². The van der Waals surface area contributed by atoms with Gasteiger partial charge < -0.3 is 14.5 Å². The molecule has 0 aromatic carbocycles. The van der Waals surface area contributed by atoms with Gasteiger partial charge in [-0.3, -0.25) is 4.99 Å². The molecule has 5 heteroatoms. The molecule has 0 spiro atoms. The minimum absolute atomic E-state index is 0. The lowest BCUT2D eigenvalue weighted by Gasteiger charge is -2.27. The minimum Gasteiger partial charge on any atom is -0.374 e. The average molecular weight is 365 g/mol. The highest BCUT2D eigenvalue weighted by Crippen LogP contribution is 2.47. The van der Waals surface area contributed by atoms with Crippen molar-refractivity contribution >= 4 is 29.9 Å². The van der Waals surface area contributed by atoms with Crippen LogP contribution < -0.4 is 0 Å². The zero-order valence-corrected chi connectivity index (χ0v) is 13.8. The normalized spacial score (nSPS) is 37.7. The molecule has 0 amide bonds. The maximum atomic E-state index is 6.01. The van der Waals surface area contributed by atoms with Crippen LogP contribution in [0.5, 0.6) is 0 Å². The summed E-state index contributed by atoms with van der Waals surface area (Å²) in [5, 5.41) is 0. The molecule has 104 valence electrons. The van der Waals surface area contributed by atoms with Gasteiger partial charge in [-0.2, -0.15) is 0 Å². The third-order valence-corrected chi connectivity index (χ3v) is 4.44. The Hall–Kier alpha value is -0.0400. The fraction of sp³-hybridized carbons (Fsp3) is 0.923. The molecule has 3 aliphatic rings. The van der Waals surface area contributed by atoms with E-state index in [1.165, 1.54) is 12.8 Å². The number of aliphatic imine (C=N–C) groups is 1. The predicted molar refractivity (Wildman–Crippen MR) is 83.5 cm³/mol. The lowest BCUT2D eigenvalue weighted by molar-refractivity contribution is 0.0762. The smallest absolute Gasteiger partial charge is 0.196 e. The van der Waals surface area contributed by atoms with E-state index in [0.717, 1.165) is 37.4 Å². The SMILES string of the molecule is CCN=C(N(C)C)N1CC2C3CCC(O3)C2C1.I. The van der Waals surface area contributed by atoms with E-state index >= 15 is 0 Å². The second kappa shape index (κ2) is 5.53. The van der Waals surface area contributed by atoms with Crippen molar-refractivity contribution in [1.82, 2.24) is 9.80 Å². The van der Waals surface area contributed by atoms with Crippen molar-refractivity contribution < 1.29 is 4.74 Å². The molecule has 2 bridgehead atoms. The molecule has 18 heavy (non-hydrogen) atoms. The van der Waals surface area contributed by atoms with Crippen molar-refractivity contribution in [3.8, 4) is 0 Å². The highest BCUT2D eigenvalue weighted by atomic mass is 127. The highest BCUT2D eigenvalue weighted by Gasteiger charge is 2.53. The molecule has 4 nitrogen and oxygen atoms in total. The summed E-state index contributed by atoms with van der Waals surface area (Å²) in [6, 6.07) is 0. The molecule has 0 aromatic rings. The first-order valence-electron chi connectivity index (χ1n) is 6.83. The number of nitrogens with zero attached hydrogens (tertiary/aromatic N) is 3. The molecule has 0 aromatic heterocycles. The van der Waals surface area contributed by atoms with Crippen LogP contribution in [0.2, 0.25) is 0 Å². The first-order chi connectivity index (χ1) is 8.20. The van der Waals surface area contributed by atoms with Gasteiger partial charge in [0, 0.05) is 45.6 Å². The molecule has 4 atom stereocenters. The van der Waals surface area contributed by atoms with Gasteiger partial charge in [0.25, 0.3) is 0 Å². The Morgan fingerprint density at radius 2 is 1.78 bits per heavy atom. The van der Waals surface area contributed by atoms with Gasteiger partial charge in [0.15, 0.2) is 5.96 Å². The molecule has 0 saturated carbocycles. The number of fused-ring (bicyclic) bond motifs is 5. The summed E-state index contributed by atoms with van der Waals surface area (Å²) in [6.45, 7) is 5.25. The fourth-order valence-corrected chi connectivity index (χ4v) is 3.79. The molecule has 0 N–H and O–H groups in total. The van der Waals surface area contributed by atoms with Crippen LogP contribution in [-0.2, 0) is 4.74 Å². The molecular formula is C13H24IN3O. The molecule has 3 rings (SSSR count). The van der Waals surface area contributed by atoms with Gasteiger partial charge in [-0.1, -0.05) is 0 Å². The van der Waals surface area contributed by atoms with E-state index < -0.39 is 0 Å². The molecule has 0 aliphatic carbocycles. The molecule has 3 heterocycles. The van der Waals surface area contributed by atoms with Gasteiger partial charge in [-0.05, 0) is 19.8 Å². The van der Waals surface area contributed by atoms with Crippen LogP contribution in [0.15, 0.2) is 4.99 Å². The molecular weight excluding hydrogens is 341 g/mol. The third kappa shape index (κ3) is 2.24. The van der Waals surface area contributed by atoms with E-state index in [1.54, 1.807) is 0 Å². The van der Waals surface area contributed by atoms with Gasteiger partial charge in [0.1, 0.15) is 0 Å². The highest BCUT2D eigenvalue weighted by molar-refractivity contribution is 14.0. The summed E-state index contributed by atoms with van der Waals surface area (Å²) >= 11 is 0. The Bertz CT molecular complexity index is 316. The topological polar surface area (TPSA) is 28.1 Å². The van der Waals surface area contributed by atoms with Gasteiger partial charge in [0.05, 0.1) is 12.2 Å². The van der Waals surface area contributed by atoms with E-state index in [2.05, 4.69) is 35.8 Å². The zero-order chi connectivity index (χ0) is 12.0. The minimum atomic E-state index is 0. The average Bonchev–Trinajstić information content (AvgIpc) is 2.96. The van der Waals surface area contributed by atoms with E-state index in [4.69, 9.17) is 4.74 Å². The Labute approximate surface area is 127 Å². The summed E-state index contributed by atoms with van der Waals surface area (Å²) in [7, 11) is 4.18. The molecule has 0 radical (unpaired) electrons. The lowest BCUT2D eigenvalue weighted by Crippen LogP contribution is -2.40. The Morgan fingerprint density at radius 3 is 2.22 bits per heavy atom. The lowest BCUT2D eigenvalue weighted by atomic mass is 9.82. The van der Waals surface area contributed by atoms with Crippen molar-refractivity contribution in [3.05, 3.63) is 0 Å². The quantitative estimate of drug-likeness (QED) is 0.402. The van der Waals surface area contributed by atoms with Crippen LogP contribution in [0.1, 0.15) is 19.8 Å². The van der Waals surface area contributed by atoms with E-state index in [-0.39, 0.29) is 24.0 Å². The molecule has 3 aliphatic heterocycles. The van der Waals surface area contributed by atoms with E-state index in [9.17, 15) is 0 Å². The molecule has 3 fully saturated rings. The monoisotopic (exact) mass is 365 g/mol. The zero-order valence-electron chi connectivity index (χ0n) is 11.5. The number of halogens is 1. The van der Waals surface area contributed by atoms with Crippen LogP contribution >= 0.6 is 24.0 Å². The summed E-state index contributed by atoms with van der Waals surface area (Å²) in [6.07, 6.45) is 3.64. The number of likely N-dealkylation sites (tertiary alicyclic amines) is 1. The van der Waals surface area contributed by atoms with E-state index in [1.807, 2.05) is 0 Å². The van der Waals surface area contributed by atoms with Crippen LogP contribution in [0, 0.1) is 11.8 Å². The Morgan fingerprint density at radius 1 is 1.22 bits per heavy atom. The van der Waals surface area contributed by atoms with Gasteiger partial charge in [-0.15, -0.1) is 24.0 Å². The van der Waals surface area contributed by atoms with E-state index in [0.29, 0.717) is 12.2 Å². The van der Waals surface area contributed by atoms with Crippen molar-refractivity contribution in [1.29, 1.82) is 0 Å². The van der Waals surface area contributed by atoms with Crippen LogP contribution in [0.3, 0.4) is 0 Å². The number of hydrogen-bond acceptors (Lipinski definition) is 2. The summed E-state index contributed by atoms with van der Waals surface area (Å²) in [4.78, 5) is 9.24. The largest absolute Gasteiger partial charge is 0.374 e. The van der Waals surface area contributed by atoms with Crippen molar-refractivity contribution in [2.45, 2.75) is 32.0 Å². The number of ether oxygens (including phenoxy) is 1. The van der Waals surface area contributed by atoms with Crippen molar-refractivity contribution in [2.24, 2.45) is 16.8 Å². The second-order valence-electron chi connectivity index (χ2n) is 5.69. The first kappa shape index (κ1) is 14.4. The van der Waals surface area contributed by atoms with Crippen molar-refractivity contribution in [2.75, 3.05) is 33.7 Å². The van der Waals surface area contributed by atoms with Crippen LogP contribution in [-0.4, -0.2) is 61.7 Å². The predicted octanol–water partition coefficient (Wildman–Crippen LogP) is 1.65. The maximum absolute atomic E-state index is 6.01. The van der Waals surface area contributed by atoms with Gasteiger partial charge in [0.2, 0.25) is 0 Å². The standard InChI is InChI=1S/C13H23N3O.HI/c1-4-14-13(15(2)3)16-7-9-10(8-16)12-6-5-11(9)17-12;/h9-12H,4-8H2,1-3H3;1H. The maximum Gasteiger partial charge on any atom is 0.196 e. The summed E-state index contributed by atoms with van der Waals surface area (Å²) in [5.41, 5.74) is 0. The van der Waals surface area contributed by atoms with Gasteiger partial charge >= 0.3 is 0 Å².